The molecule has 2 N–H and O–H groups in total. The van der Waals surface area contributed by atoms with E-state index in [2.05, 4.69) is 15.1 Å². The van der Waals surface area contributed by atoms with Crippen LogP contribution in [0.2, 0.25) is 0 Å². The highest BCUT2D eigenvalue weighted by Gasteiger charge is 2.30. The summed E-state index contributed by atoms with van der Waals surface area (Å²) >= 11 is 0. The molecule has 3 aromatic rings. The summed E-state index contributed by atoms with van der Waals surface area (Å²) in [5.74, 6) is -0.679. The third-order valence-electron chi connectivity index (χ3n) is 4.35. The lowest BCUT2D eigenvalue weighted by molar-refractivity contribution is -0.137. The summed E-state index contributed by atoms with van der Waals surface area (Å²) in [5, 5.41) is 6.65. The summed E-state index contributed by atoms with van der Waals surface area (Å²) in [6, 6.07) is 10.4. The number of carbonyl (C=O) groups is 1. The number of nitrogens with zero attached hydrogens (tertiary/aromatic N) is 2. The molecule has 0 aliphatic heterocycles. The highest BCUT2D eigenvalue weighted by atomic mass is 32.2. The molecule has 0 aliphatic carbocycles. The molecule has 170 valence electrons. The van der Waals surface area contributed by atoms with E-state index in [0.717, 1.165) is 16.8 Å². The molecular formula is C20H19F3N4O4S. The monoisotopic (exact) mass is 468 g/mol. The molecule has 0 unspecified atom stereocenters. The van der Waals surface area contributed by atoms with Crippen LogP contribution < -0.4 is 14.8 Å². The summed E-state index contributed by atoms with van der Waals surface area (Å²) < 4.78 is 70.8. The molecule has 1 heterocycles. The van der Waals surface area contributed by atoms with E-state index in [1.54, 1.807) is 0 Å². The van der Waals surface area contributed by atoms with Crippen molar-refractivity contribution in [1.82, 2.24) is 9.78 Å². The first-order chi connectivity index (χ1) is 15.0. The molecule has 0 atom stereocenters. The first kappa shape index (κ1) is 23.1. The van der Waals surface area contributed by atoms with Gasteiger partial charge in [0.2, 0.25) is 10.0 Å². The Bertz CT molecular complexity index is 1220. The number of alkyl halides is 3. The van der Waals surface area contributed by atoms with Gasteiger partial charge in [-0.1, -0.05) is 6.07 Å². The predicted molar refractivity (Wildman–Crippen MR) is 113 cm³/mol. The number of aromatic nitrogens is 2. The van der Waals surface area contributed by atoms with Gasteiger partial charge in [-0.15, -0.1) is 0 Å². The van der Waals surface area contributed by atoms with Crippen LogP contribution in [0, 0.1) is 0 Å². The van der Waals surface area contributed by atoms with Gasteiger partial charge in [0.15, 0.2) is 11.4 Å². The number of amides is 1. The van der Waals surface area contributed by atoms with Gasteiger partial charge in [-0.25, -0.2) is 13.1 Å². The van der Waals surface area contributed by atoms with E-state index >= 15 is 0 Å². The number of rotatable bonds is 7. The van der Waals surface area contributed by atoms with Gasteiger partial charge in [0.1, 0.15) is 0 Å². The minimum Gasteiger partial charge on any atom is -0.493 e. The summed E-state index contributed by atoms with van der Waals surface area (Å²) in [4.78, 5) is 12.7. The number of anilines is 2. The second-order valence-corrected chi connectivity index (χ2v) is 8.59. The molecule has 0 saturated heterocycles. The van der Waals surface area contributed by atoms with Crippen molar-refractivity contribution in [3.63, 3.8) is 0 Å². The molecule has 1 aromatic heterocycles. The Balaban J connectivity index is 1.81. The van der Waals surface area contributed by atoms with Crippen LogP contribution in [-0.4, -0.2) is 37.0 Å². The number of methoxy groups -OCH3 is 1. The summed E-state index contributed by atoms with van der Waals surface area (Å²) in [5.41, 5.74) is -0.207. The van der Waals surface area contributed by atoms with Crippen molar-refractivity contribution in [2.45, 2.75) is 13.1 Å². The molecule has 3 rings (SSSR count). The zero-order valence-electron chi connectivity index (χ0n) is 17.0. The highest BCUT2D eigenvalue weighted by Crippen LogP contribution is 2.31. The van der Waals surface area contributed by atoms with E-state index in [-0.39, 0.29) is 22.9 Å². The van der Waals surface area contributed by atoms with Crippen LogP contribution >= 0.6 is 0 Å². The van der Waals surface area contributed by atoms with E-state index in [4.69, 9.17) is 4.74 Å². The Morgan fingerprint density at radius 2 is 1.78 bits per heavy atom. The fourth-order valence-corrected chi connectivity index (χ4v) is 3.32. The van der Waals surface area contributed by atoms with Crippen LogP contribution in [0.3, 0.4) is 0 Å². The first-order valence-electron chi connectivity index (χ1n) is 9.25. The van der Waals surface area contributed by atoms with Crippen molar-refractivity contribution in [2.24, 2.45) is 0 Å². The Kier molecular flexibility index (Phi) is 6.44. The number of ether oxygens (including phenoxy) is 1. The van der Waals surface area contributed by atoms with Crippen LogP contribution in [0.4, 0.5) is 24.5 Å². The average Bonchev–Trinajstić information content (AvgIpc) is 3.19. The second-order valence-electron chi connectivity index (χ2n) is 6.58. The molecule has 0 radical (unpaired) electrons. The molecule has 2 aromatic carbocycles. The Labute approximate surface area is 182 Å². The lowest BCUT2D eigenvalue weighted by Crippen LogP contribution is -2.15. The lowest BCUT2D eigenvalue weighted by atomic mass is 10.2. The van der Waals surface area contributed by atoms with Gasteiger partial charge in [-0.2, -0.15) is 18.3 Å². The minimum atomic E-state index is -4.52. The summed E-state index contributed by atoms with van der Waals surface area (Å²) in [6.07, 6.45) is -3.22. The maximum Gasteiger partial charge on any atom is 0.416 e. The first-order valence-corrected chi connectivity index (χ1v) is 10.9. The molecule has 12 heteroatoms. The quantitative estimate of drug-likeness (QED) is 0.547. The molecule has 0 saturated carbocycles. The van der Waals surface area contributed by atoms with Gasteiger partial charge in [0.25, 0.3) is 5.91 Å². The van der Waals surface area contributed by atoms with Gasteiger partial charge in [-0.05, 0) is 49.4 Å². The number of carbonyl (C=O) groups excluding carboxylic acids is 1. The Hall–Kier alpha value is -3.54. The van der Waals surface area contributed by atoms with E-state index < -0.39 is 27.7 Å². The summed E-state index contributed by atoms with van der Waals surface area (Å²) in [6.45, 7) is 1.50. The smallest absolute Gasteiger partial charge is 0.416 e. The van der Waals surface area contributed by atoms with Crippen LogP contribution in [-0.2, 0) is 16.2 Å². The fraction of sp³-hybridized carbons (Fsp3) is 0.200. The van der Waals surface area contributed by atoms with E-state index in [0.29, 0.717) is 11.4 Å². The van der Waals surface area contributed by atoms with Crippen molar-refractivity contribution in [3.05, 3.63) is 66.0 Å². The van der Waals surface area contributed by atoms with Crippen molar-refractivity contribution in [2.75, 3.05) is 22.9 Å². The number of nitrogens with one attached hydrogen (secondary N) is 2. The van der Waals surface area contributed by atoms with Crippen LogP contribution in [0.5, 0.6) is 5.75 Å². The molecule has 0 fully saturated rings. The van der Waals surface area contributed by atoms with Gasteiger partial charge in [0, 0.05) is 11.4 Å². The molecular weight excluding hydrogens is 449 g/mol. The topological polar surface area (TPSA) is 102 Å². The molecule has 32 heavy (non-hydrogen) atoms. The highest BCUT2D eigenvalue weighted by molar-refractivity contribution is 7.92. The number of hydrogen-bond acceptors (Lipinski definition) is 5. The SMILES string of the molecule is CCS(=O)(=O)Nc1ccc(NC(=O)c2nn(-c3cccc(C(F)(F)F)c3)cc2OC)cc1. The zero-order chi connectivity index (χ0) is 23.5. The average molecular weight is 468 g/mol. The zero-order valence-corrected chi connectivity index (χ0v) is 17.8. The molecule has 0 spiro atoms. The largest absolute Gasteiger partial charge is 0.493 e. The van der Waals surface area contributed by atoms with E-state index in [1.165, 1.54) is 56.6 Å². The Morgan fingerprint density at radius 3 is 2.38 bits per heavy atom. The third kappa shape index (κ3) is 5.38. The number of sulfonamides is 1. The van der Waals surface area contributed by atoms with Crippen molar-refractivity contribution >= 4 is 27.3 Å². The fourth-order valence-electron chi connectivity index (χ4n) is 2.69. The minimum absolute atomic E-state index is 0.0623. The maximum absolute atomic E-state index is 13.0. The predicted octanol–water partition coefficient (Wildman–Crippen LogP) is 3.91. The normalized spacial score (nSPS) is 11.8. The van der Waals surface area contributed by atoms with Gasteiger partial charge < -0.3 is 10.1 Å². The lowest BCUT2D eigenvalue weighted by Gasteiger charge is -2.08. The molecule has 1 amide bonds. The second kappa shape index (κ2) is 8.91. The van der Waals surface area contributed by atoms with E-state index in [1.807, 2.05) is 0 Å². The summed E-state index contributed by atoms with van der Waals surface area (Å²) in [7, 11) is -2.13. The number of benzene rings is 2. The molecule has 0 aliphatic rings. The molecule has 0 bridgehead atoms. The van der Waals surface area contributed by atoms with Crippen molar-refractivity contribution in [3.8, 4) is 11.4 Å². The number of halogens is 3. The molecule has 8 nitrogen and oxygen atoms in total. The van der Waals surface area contributed by atoms with Crippen LogP contribution in [0.15, 0.2) is 54.7 Å². The maximum atomic E-state index is 13.0. The standard InChI is InChI=1S/C20H19F3N4O4S/c1-3-32(29,30)26-15-9-7-14(8-10-15)24-19(28)18-17(31-2)12-27(25-18)16-6-4-5-13(11-16)20(21,22)23/h4-12,26H,3H2,1-2H3,(H,24,28). The third-order valence-corrected chi connectivity index (χ3v) is 5.66. The van der Waals surface area contributed by atoms with Crippen molar-refractivity contribution in [1.29, 1.82) is 0 Å². The number of hydrogen-bond donors (Lipinski definition) is 2. The van der Waals surface area contributed by atoms with Crippen LogP contribution in [0.1, 0.15) is 23.0 Å². The van der Waals surface area contributed by atoms with Gasteiger partial charge in [0.05, 0.1) is 30.3 Å². The van der Waals surface area contributed by atoms with Gasteiger partial charge >= 0.3 is 6.18 Å². The van der Waals surface area contributed by atoms with Crippen LogP contribution in [0.25, 0.3) is 5.69 Å². The Morgan fingerprint density at radius 1 is 1.12 bits per heavy atom. The van der Waals surface area contributed by atoms with Crippen molar-refractivity contribution < 1.29 is 31.1 Å². The van der Waals surface area contributed by atoms with E-state index in [9.17, 15) is 26.4 Å². The van der Waals surface area contributed by atoms with Gasteiger partial charge in [-0.3, -0.25) is 9.52 Å².